The van der Waals surface area contributed by atoms with Crippen LogP contribution < -0.4 is 5.73 Å². The fourth-order valence-corrected chi connectivity index (χ4v) is 1.89. The predicted molar refractivity (Wildman–Crippen MR) is 72.7 cm³/mol. The number of nitrogen functional groups attached to an aromatic ring is 1. The maximum absolute atomic E-state index is 10.7. The number of carbonyl (C=O) groups is 1. The highest BCUT2D eigenvalue weighted by Crippen LogP contribution is 2.19. The molecule has 0 bridgehead atoms. The average molecular weight is 256 g/mol. The van der Waals surface area contributed by atoms with Crippen molar-refractivity contribution in [1.29, 1.82) is 0 Å². The molecule has 4 heteroatoms. The van der Waals surface area contributed by atoms with E-state index in [-0.39, 0.29) is 5.12 Å². The minimum atomic E-state index is 0.149. The van der Waals surface area contributed by atoms with Crippen molar-refractivity contribution in [3.05, 3.63) is 34.9 Å². The number of anilines is 1. The van der Waals surface area contributed by atoms with Crippen molar-refractivity contribution in [1.82, 2.24) is 0 Å². The summed E-state index contributed by atoms with van der Waals surface area (Å²) in [5.74, 6) is 0.798. The Kier molecular flexibility index (Phi) is 5.43. The van der Waals surface area contributed by atoms with Gasteiger partial charge in [0.15, 0.2) is 5.12 Å². The number of allylic oxidation sites excluding steroid dienone is 1. The summed E-state index contributed by atoms with van der Waals surface area (Å²) in [6.07, 6.45) is 4.77. The summed E-state index contributed by atoms with van der Waals surface area (Å²) in [4.78, 5) is 10.7. The third-order valence-corrected chi connectivity index (χ3v) is 3.02. The van der Waals surface area contributed by atoms with Gasteiger partial charge in [-0.25, -0.2) is 0 Å². The molecule has 0 aliphatic heterocycles. The van der Waals surface area contributed by atoms with E-state index in [9.17, 15) is 4.79 Å². The molecule has 16 heavy (non-hydrogen) atoms. The van der Waals surface area contributed by atoms with Crippen LogP contribution in [0.15, 0.2) is 24.3 Å². The van der Waals surface area contributed by atoms with Gasteiger partial charge in [-0.2, -0.15) is 0 Å². The van der Waals surface area contributed by atoms with Gasteiger partial charge in [0.1, 0.15) is 0 Å². The molecule has 1 rings (SSSR count). The number of hydrogen-bond acceptors (Lipinski definition) is 3. The van der Waals surface area contributed by atoms with Crippen LogP contribution in [-0.2, 0) is 4.79 Å². The van der Waals surface area contributed by atoms with Crippen LogP contribution in [0.5, 0.6) is 0 Å². The molecule has 0 heterocycles. The van der Waals surface area contributed by atoms with Gasteiger partial charge in [-0.1, -0.05) is 35.5 Å². The van der Waals surface area contributed by atoms with Crippen LogP contribution in [0.25, 0.3) is 6.08 Å². The monoisotopic (exact) mass is 255 g/mol. The van der Waals surface area contributed by atoms with Gasteiger partial charge >= 0.3 is 0 Å². The summed E-state index contributed by atoms with van der Waals surface area (Å²) in [5.41, 5.74) is 7.41. The third-order valence-electron chi connectivity index (χ3n) is 1.94. The quantitative estimate of drug-likeness (QED) is 0.660. The zero-order valence-electron chi connectivity index (χ0n) is 9.07. The van der Waals surface area contributed by atoms with Gasteiger partial charge in [0.05, 0.1) is 0 Å². The Morgan fingerprint density at radius 1 is 1.56 bits per heavy atom. The van der Waals surface area contributed by atoms with E-state index < -0.39 is 0 Å². The summed E-state index contributed by atoms with van der Waals surface area (Å²) < 4.78 is 0. The first-order valence-electron chi connectivity index (χ1n) is 4.94. The molecule has 2 nitrogen and oxygen atoms in total. The summed E-state index contributed by atoms with van der Waals surface area (Å²) in [6.45, 7) is 1.57. The van der Waals surface area contributed by atoms with Crippen molar-refractivity contribution in [3.8, 4) is 0 Å². The first-order chi connectivity index (χ1) is 7.59. The van der Waals surface area contributed by atoms with Crippen molar-refractivity contribution in [2.24, 2.45) is 0 Å². The molecule has 0 unspecified atom stereocenters. The molecule has 0 spiro atoms. The fraction of sp³-hybridized carbons (Fsp3) is 0.250. The Bertz CT molecular complexity index is 404. The lowest BCUT2D eigenvalue weighted by molar-refractivity contribution is -0.109. The molecule has 86 valence electrons. The molecule has 0 fully saturated rings. The third kappa shape index (κ3) is 4.73. The molecular weight excluding hydrogens is 242 g/mol. The summed E-state index contributed by atoms with van der Waals surface area (Å²) >= 11 is 7.19. The predicted octanol–water partition coefficient (Wildman–Crippen LogP) is 3.61. The van der Waals surface area contributed by atoms with Crippen LogP contribution in [0.2, 0.25) is 5.02 Å². The molecule has 0 amide bonds. The molecule has 1 aromatic carbocycles. The van der Waals surface area contributed by atoms with Gasteiger partial charge in [-0.05, 0) is 30.2 Å². The highest BCUT2D eigenvalue weighted by Gasteiger charge is 1.96. The lowest BCUT2D eigenvalue weighted by Gasteiger charge is -2.00. The van der Waals surface area contributed by atoms with Crippen LogP contribution in [-0.4, -0.2) is 10.9 Å². The highest BCUT2D eigenvalue weighted by atomic mass is 35.5. The summed E-state index contributed by atoms with van der Waals surface area (Å²) in [6, 6.07) is 5.37. The van der Waals surface area contributed by atoms with Gasteiger partial charge in [0, 0.05) is 23.4 Å². The zero-order valence-corrected chi connectivity index (χ0v) is 10.6. The number of nitrogens with two attached hydrogens (primary N) is 1. The molecule has 0 saturated heterocycles. The van der Waals surface area contributed by atoms with Crippen LogP contribution >= 0.6 is 23.4 Å². The second kappa shape index (κ2) is 6.61. The Morgan fingerprint density at radius 3 is 3.00 bits per heavy atom. The van der Waals surface area contributed by atoms with E-state index in [2.05, 4.69) is 0 Å². The van der Waals surface area contributed by atoms with E-state index in [1.807, 2.05) is 18.2 Å². The summed E-state index contributed by atoms with van der Waals surface area (Å²) in [7, 11) is 0. The van der Waals surface area contributed by atoms with Gasteiger partial charge in [0.25, 0.3) is 0 Å². The summed E-state index contributed by atoms with van der Waals surface area (Å²) in [5, 5.41) is 0.822. The highest BCUT2D eigenvalue weighted by molar-refractivity contribution is 8.13. The van der Waals surface area contributed by atoms with E-state index in [0.29, 0.717) is 10.7 Å². The molecule has 0 radical (unpaired) electrons. The standard InChI is InChI=1S/C12H14ClNOS/c1-9(15)16-7-3-2-4-10-8-11(13)5-6-12(10)14/h2,4-6,8H,3,7,14H2,1H3. The number of thioether (sulfide) groups is 1. The van der Waals surface area contributed by atoms with Crippen molar-refractivity contribution >= 4 is 40.2 Å². The maximum Gasteiger partial charge on any atom is 0.185 e. The minimum absolute atomic E-state index is 0.149. The number of halogens is 1. The van der Waals surface area contributed by atoms with Gasteiger partial charge in [-0.3, -0.25) is 4.79 Å². The minimum Gasteiger partial charge on any atom is -0.398 e. The second-order valence-electron chi connectivity index (χ2n) is 3.30. The zero-order chi connectivity index (χ0) is 12.0. The van der Waals surface area contributed by atoms with E-state index >= 15 is 0 Å². The molecular formula is C12H14ClNOS. The van der Waals surface area contributed by atoms with Gasteiger partial charge in [-0.15, -0.1) is 0 Å². The Balaban J connectivity index is 2.49. The first kappa shape index (κ1) is 13.1. The van der Waals surface area contributed by atoms with Crippen molar-refractivity contribution in [2.75, 3.05) is 11.5 Å². The van der Waals surface area contributed by atoms with Gasteiger partial charge in [0.2, 0.25) is 0 Å². The maximum atomic E-state index is 10.7. The Hall–Kier alpha value is -0.930. The molecule has 0 aliphatic carbocycles. The van der Waals surface area contributed by atoms with Crippen LogP contribution in [0, 0.1) is 0 Å². The van der Waals surface area contributed by atoms with Crippen molar-refractivity contribution in [3.63, 3.8) is 0 Å². The SMILES string of the molecule is CC(=O)SCCC=Cc1cc(Cl)ccc1N. The normalized spacial score (nSPS) is 10.9. The molecule has 2 N–H and O–H groups in total. The molecule has 0 atom stereocenters. The van der Waals surface area contributed by atoms with Crippen molar-refractivity contribution < 1.29 is 4.79 Å². The van der Waals surface area contributed by atoms with Gasteiger partial charge < -0.3 is 5.73 Å². The number of carbonyl (C=O) groups excluding carboxylic acids is 1. The van der Waals surface area contributed by atoms with E-state index in [1.54, 1.807) is 19.1 Å². The molecule has 0 saturated carbocycles. The number of rotatable bonds is 4. The smallest absolute Gasteiger partial charge is 0.185 e. The van der Waals surface area contributed by atoms with E-state index in [1.165, 1.54) is 11.8 Å². The Labute approximate surface area is 105 Å². The lowest BCUT2D eigenvalue weighted by atomic mass is 10.1. The van der Waals surface area contributed by atoms with Crippen LogP contribution in [0.1, 0.15) is 18.9 Å². The lowest BCUT2D eigenvalue weighted by Crippen LogP contribution is -1.88. The molecule has 0 aromatic heterocycles. The fourth-order valence-electron chi connectivity index (χ4n) is 1.17. The largest absolute Gasteiger partial charge is 0.398 e. The topological polar surface area (TPSA) is 43.1 Å². The number of hydrogen-bond donors (Lipinski definition) is 1. The average Bonchev–Trinajstić information content (AvgIpc) is 2.22. The van der Waals surface area contributed by atoms with Crippen LogP contribution in [0.4, 0.5) is 5.69 Å². The van der Waals surface area contributed by atoms with Crippen LogP contribution in [0.3, 0.4) is 0 Å². The second-order valence-corrected chi connectivity index (χ2v) is 5.01. The van der Waals surface area contributed by atoms with Crippen molar-refractivity contribution in [2.45, 2.75) is 13.3 Å². The van der Waals surface area contributed by atoms with E-state index in [4.69, 9.17) is 17.3 Å². The Morgan fingerprint density at radius 2 is 2.31 bits per heavy atom. The first-order valence-corrected chi connectivity index (χ1v) is 6.31. The number of benzene rings is 1. The molecule has 1 aromatic rings. The molecule has 0 aliphatic rings. The van der Waals surface area contributed by atoms with E-state index in [0.717, 1.165) is 17.7 Å².